The lowest BCUT2D eigenvalue weighted by molar-refractivity contribution is -0.139. The van der Waals surface area contributed by atoms with E-state index in [0.29, 0.717) is 10.7 Å². The van der Waals surface area contributed by atoms with E-state index in [1.165, 1.54) is 11.9 Å². The minimum Gasteiger partial charge on any atom is -0.357 e. The van der Waals surface area contributed by atoms with Gasteiger partial charge in [-0.05, 0) is 60.4 Å². The quantitative estimate of drug-likeness (QED) is 0.418. The molecule has 0 bridgehead atoms. The Bertz CT molecular complexity index is 1350. The van der Waals surface area contributed by atoms with Gasteiger partial charge < -0.3 is 10.2 Å². The van der Waals surface area contributed by atoms with E-state index in [1.807, 2.05) is 50.2 Å². The van der Waals surface area contributed by atoms with Gasteiger partial charge in [0.05, 0.1) is 11.9 Å². The molecule has 0 aliphatic carbocycles. The third-order valence-corrected chi connectivity index (χ3v) is 7.63. The molecule has 1 N–H and O–H groups in total. The van der Waals surface area contributed by atoms with Gasteiger partial charge in [0.25, 0.3) is 0 Å². The number of aryl methyl sites for hydroxylation is 2. The molecule has 0 heterocycles. The summed E-state index contributed by atoms with van der Waals surface area (Å²) in [5.41, 5.74) is 3.94. The molecule has 0 aliphatic rings. The van der Waals surface area contributed by atoms with Gasteiger partial charge in [-0.2, -0.15) is 0 Å². The first-order valence-corrected chi connectivity index (χ1v) is 14.1. The number of carbonyl (C=O) groups is 2. The van der Waals surface area contributed by atoms with E-state index < -0.39 is 28.5 Å². The molecule has 0 spiro atoms. The van der Waals surface area contributed by atoms with Crippen LogP contribution >= 0.6 is 11.6 Å². The van der Waals surface area contributed by atoms with Crippen molar-refractivity contribution in [3.05, 3.63) is 100 Å². The van der Waals surface area contributed by atoms with Crippen molar-refractivity contribution in [2.24, 2.45) is 0 Å². The summed E-state index contributed by atoms with van der Waals surface area (Å²) in [6.45, 7) is 3.47. The second-order valence-electron chi connectivity index (χ2n) is 9.01. The van der Waals surface area contributed by atoms with Crippen LogP contribution in [0.25, 0.3) is 0 Å². The van der Waals surface area contributed by atoms with Crippen LogP contribution in [0.3, 0.4) is 0 Å². The number of nitrogens with one attached hydrogen (secondary N) is 1. The van der Waals surface area contributed by atoms with Gasteiger partial charge in [-0.1, -0.05) is 60.1 Å². The van der Waals surface area contributed by atoms with Gasteiger partial charge in [0.1, 0.15) is 12.6 Å². The lowest BCUT2D eigenvalue weighted by atomic mass is 10.0. The number of rotatable bonds is 10. The number of benzene rings is 3. The molecule has 2 amide bonds. The molecule has 1 atom stereocenters. The SMILES string of the molecule is CNC(=O)[C@H](Cc1ccccc1)N(Cc1ccc(Cl)cc1)C(=O)CN(c1ccc(C)c(C)c1)S(C)(=O)=O. The van der Waals surface area contributed by atoms with E-state index in [4.69, 9.17) is 11.6 Å². The number of hydrogen-bond donors (Lipinski definition) is 1. The number of likely N-dealkylation sites (N-methyl/N-ethyl adjacent to an activating group) is 1. The van der Waals surface area contributed by atoms with E-state index in [2.05, 4.69) is 5.32 Å². The summed E-state index contributed by atoms with van der Waals surface area (Å²) in [6, 6.07) is 20.8. The molecule has 0 aromatic heterocycles. The number of amides is 2. The minimum absolute atomic E-state index is 0.103. The van der Waals surface area contributed by atoms with E-state index in [9.17, 15) is 18.0 Å². The Kier molecular flexibility index (Phi) is 9.34. The van der Waals surface area contributed by atoms with Crippen molar-refractivity contribution in [3.63, 3.8) is 0 Å². The van der Waals surface area contributed by atoms with Crippen molar-refractivity contribution < 1.29 is 18.0 Å². The van der Waals surface area contributed by atoms with Crippen LogP contribution in [0.4, 0.5) is 5.69 Å². The Hall–Kier alpha value is -3.36. The molecule has 0 aliphatic heterocycles. The fraction of sp³-hybridized carbons (Fsp3) is 0.286. The lowest BCUT2D eigenvalue weighted by Gasteiger charge is -2.33. The third kappa shape index (κ3) is 7.57. The zero-order valence-electron chi connectivity index (χ0n) is 21.4. The highest BCUT2D eigenvalue weighted by Crippen LogP contribution is 2.23. The largest absolute Gasteiger partial charge is 0.357 e. The summed E-state index contributed by atoms with van der Waals surface area (Å²) in [4.78, 5) is 28.4. The number of halogens is 1. The minimum atomic E-state index is -3.80. The highest BCUT2D eigenvalue weighted by atomic mass is 35.5. The summed E-state index contributed by atoms with van der Waals surface area (Å²) in [5.74, 6) is -0.841. The van der Waals surface area contributed by atoms with E-state index in [1.54, 1.807) is 36.4 Å². The maximum Gasteiger partial charge on any atom is 0.244 e. The molecule has 3 rings (SSSR count). The summed E-state index contributed by atoms with van der Waals surface area (Å²) >= 11 is 6.05. The molecule has 37 heavy (non-hydrogen) atoms. The summed E-state index contributed by atoms with van der Waals surface area (Å²) in [5, 5.41) is 3.21. The van der Waals surface area contributed by atoms with Crippen molar-refractivity contribution >= 4 is 39.1 Å². The van der Waals surface area contributed by atoms with Crippen LogP contribution in [0.1, 0.15) is 22.3 Å². The number of carbonyl (C=O) groups excluding carboxylic acids is 2. The predicted octanol–water partition coefficient (Wildman–Crippen LogP) is 4.11. The van der Waals surface area contributed by atoms with Crippen LogP contribution in [-0.2, 0) is 32.6 Å². The fourth-order valence-corrected chi connectivity index (χ4v) is 4.97. The monoisotopic (exact) mass is 541 g/mol. The summed E-state index contributed by atoms with van der Waals surface area (Å²) < 4.78 is 26.7. The predicted molar refractivity (Wildman–Crippen MR) is 148 cm³/mol. The Morgan fingerprint density at radius 2 is 1.57 bits per heavy atom. The van der Waals surface area contributed by atoms with Crippen molar-refractivity contribution in [2.45, 2.75) is 32.9 Å². The molecule has 9 heteroatoms. The molecule has 3 aromatic carbocycles. The van der Waals surface area contributed by atoms with Crippen LogP contribution in [0, 0.1) is 13.8 Å². The highest BCUT2D eigenvalue weighted by Gasteiger charge is 2.32. The Morgan fingerprint density at radius 1 is 0.919 bits per heavy atom. The van der Waals surface area contributed by atoms with Crippen molar-refractivity contribution in [1.82, 2.24) is 10.2 Å². The number of nitrogens with zero attached hydrogens (tertiary/aromatic N) is 2. The molecule has 7 nitrogen and oxygen atoms in total. The number of hydrogen-bond acceptors (Lipinski definition) is 4. The average Bonchev–Trinajstić information content (AvgIpc) is 2.87. The topological polar surface area (TPSA) is 86.8 Å². The third-order valence-electron chi connectivity index (χ3n) is 6.24. The molecule has 3 aromatic rings. The maximum atomic E-state index is 13.9. The zero-order valence-corrected chi connectivity index (χ0v) is 23.0. The molecule has 0 saturated carbocycles. The lowest BCUT2D eigenvalue weighted by Crippen LogP contribution is -2.52. The Labute approximate surface area is 224 Å². The number of anilines is 1. The van der Waals surface area contributed by atoms with Crippen molar-refractivity contribution in [1.29, 1.82) is 0 Å². The highest BCUT2D eigenvalue weighted by molar-refractivity contribution is 7.92. The van der Waals surface area contributed by atoms with Crippen LogP contribution in [0.5, 0.6) is 0 Å². The Morgan fingerprint density at radius 3 is 2.14 bits per heavy atom. The van der Waals surface area contributed by atoms with Crippen LogP contribution in [-0.4, -0.2) is 51.0 Å². The van der Waals surface area contributed by atoms with Gasteiger partial charge in [-0.25, -0.2) is 8.42 Å². The normalized spacial score (nSPS) is 12.0. The molecule has 196 valence electrons. The van der Waals surface area contributed by atoms with Crippen LogP contribution in [0.2, 0.25) is 5.02 Å². The van der Waals surface area contributed by atoms with Gasteiger partial charge in [0.15, 0.2) is 0 Å². The number of sulfonamides is 1. The molecular formula is C28H32ClN3O4S. The van der Waals surface area contributed by atoms with Gasteiger partial charge in [0.2, 0.25) is 21.8 Å². The van der Waals surface area contributed by atoms with Crippen LogP contribution < -0.4 is 9.62 Å². The maximum absolute atomic E-state index is 13.9. The smallest absolute Gasteiger partial charge is 0.244 e. The van der Waals surface area contributed by atoms with Gasteiger partial charge >= 0.3 is 0 Å². The van der Waals surface area contributed by atoms with E-state index in [0.717, 1.165) is 32.8 Å². The van der Waals surface area contributed by atoms with E-state index >= 15 is 0 Å². The first-order valence-electron chi connectivity index (χ1n) is 11.8. The van der Waals surface area contributed by atoms with Crippen molar-refractivity contribution in [3.8, 4) is 0 Å². The van der Waals surface area contributed by atoms with Gasteiger partial charge in [0, 0.05) is 25.0 Å². The second kappa shape index (κ2) is 12.3. The average molecular weight is 542 g/mol. The standard InChI is InChI=1S/C28H32ClN3O4S/c1-20-10-15-25(16-21(20)2)32(37(4,35)36)19-27(33)31(18-23-11-13-24(29)14-12-23)26(28(34)30-3)17-22-8-6-5-7-9-22/h5-16,26H,17-19H2,1-4H3,(H,30,34)/t26-/m0/s1. The van der Waals surface area contributed by atoms with Gasteiger partial charge in [-0.3, -0.25) is 13.9 Å². The first-order chi connectivity index (χ1) is 17.5. The Balaban J connectivity index is 2.03. The molecule has 0 radical (unpaired) electrons. The molecular weight excluding hydrogens is 510 g/mol. The molecule has 0 fully saturated rings. The second-order valence-corrected chi connectivity index (χ2v) is 11.3. The first kappa shape index (κ1) is 28.2. The van der Waals surface area contributed by atoms with Crippen LogP contribution in [0.15, 0.2) is 72.8 Å². The molecule has 0 saturated heterocycles. The summed E-state index contributed by atoms with van der Waals surface area (Å²) in [6.07, 6.45) is 1.33. The van der Waals surface area contributed by atoms with Crippen molar-refractivity contribution in [2.75, 3.05) is 24.2 Å². The summed E-state index contributed by atoms with van der Waals surface area (Å²) in [7, 11) is -2.28. The van der Waals surface area contributed by atoms with E-state index in [-0.39, 0.29) is 18.9 Å². The zero-order chi connectivity index (χ0) is 27.2. The fourth-order valence-electron chi connectivity index (χ4n) is 4.00. The van der Waals surface area contributed by atoms with Gasteiger partial charge in [-0.15, -0.1) is 0 Å². The molecule has 0 unspecified atom stereocenters.